The van der Waals surface area contributed by atoms with E-state index >= 15 is 0 Å². The molecule has 1 atom stereocenters. The number of likely N-dealkylation sites (tertiary alicyclic amines) is 1. The van der Waals surface area contributed by atoms with Crippen LogP contribution < -0.4 is 5.32 Å². The highest BCUT2D eigenvalue weighted by Gasteiger charge is 2.25. The molecular weight excluding hydrogens is 445 g/mol. The zero-order chi connectivity index (χ0) is 23.5. The van der Waals surface area contributed by atoms with Gasteiger partial charge in [0, 0.05) is 17.7 Å². The lowest BCUT2D eigenvalue weighted by Gasteiger charge is -2.27. The fourth-order valence-corrected chi connectivity index (χ4v) is 5.54. The van der Waals surface area contributed by atoms with Crippen LogP contribution in [0.2, 0.25) is 0 Å². The molecule has 0 bridgehead atoms. The van der Waals surface area contributed by atoms with E-state index in [-0.39, 0.29) is 11.9 Å². The van der Waals surface area contributed by atoms with E-state index in [1.54, 1.807) is 29.7 Å². The van der Waals surface area contributed by atoms with E-state index in [0.29, 0.717) is 11.9 Å². The number of nitrogens with one attached hydrogen (secondary N) is 1. The largest absolute Gasteiger partial charge is 0.348 e. The van der Waals surface area contributed by atoms with Gasteiger partial charge in [-0.3, -0.25) is 0 Å². The number of hydrogen-bond donors (Lipinski definition) is 1. The minimum absolute atomic E-state index is 0.0734. The lowest BCUT2D eigenvalue weighted by Crippen LogP contribution is -2.29. The van der Waals surface area contributed by atoms with Crippen LogP contribution in [-0.4, -0.2) is 40.0 Å². The van der Waals surface area contributed by atoms with E-state index in [1.165, 1.54) is 17.7 Å². The summed E-state index contributed by atoms with van der Waals surface area (Å²) in [5, 5.41) is 4.55. The van der Waals surface area contributed by atoms with Crippen LogP contribution >= 0.6 is 11.3 Å². The van der Waals surface area contributed by atoms with Gasteiger partial charge < -0.3 is 10.2 Å². The van der Waals surface area contributed by atoms with Crippen LogP contribution in [0.15, 0.2) is 66.9 Å². The molecule has 7 heteroatoms. The number of anilines is 1. The second-order valence-corrected chi connectivity index (χ2v) is 9.89. The van der Waals surface area contributed by atoms with Crippen molar-refractivity contribution in [1.82, 2.24) is 19.9 Å². The lowest BCUT2D eigenvalue weighted by molar-refractivity contribution is 0.255. The molecule has 1 fully saturated rings. The number of piperidine rings is 1. The Bertz CT molecular complexity index is 1230. The van der Waals surface area contributed by atoms with Crippen LogP contribution in [-0.2, 0) is 0 Å². The molecule has 1 saturated heterocycles. The Morgan fingerprint density at radius 1 is 1.00 bits per heavy atom. The van der Waals surface area contributed by atoms with Crippen molar-refractivity contribution in [3.8, 4) is 21.8 Å². The van der Waals surface area contributed by atoms with Crippen LogP contribution in [0.1, 0.15) is 42.3 Å². The smallest absolute Gasteiger partial charge is 0.223 e. The van der Waals surface area contributed by atoms with Crippen LogP contribution in [0, 0.1) is 5.82 Å². The number of rotatable bonds is 6. The zero-order valence-electron chi connectivity index (χ0n) is 19.4. The predicted molar refractivity (Wildman–Crippen MR) is 136 cm³/mol. The van der Waals surface area contributed by atoms with Gasteiger partial charge in [0.1, 0.15) is 5.82 Å². The highest BCUT2D eigenvalue weighted by Crippen LogP contribution is 2.41. The van der Waals surface area contributed by atoms with Gasteiger partial charge in [-0.05, 0) is 75.8 Å². The SMILES string of the molecule is CC(Nc1nccc(-c2sc(C3CCN(C)CC3)nc2-c2ccc(F)cc2)n1)c1ccccc1. The maximum Gasteiger partial charge on any atom is 0.223 e. The number of nitrogens with zero attached hydrogens (tertiary/aromatic N) is 4. The maximum atomic E-state index is 13.6. The molecule has 3 heterocycles. The Hall–Kier alpha value is -3.16. The van der Waals surface area contributed by atoms with Crippen LogP contribution in [0.4, 0.5) is 10.3 Å². The topological polar surface area (TPSA) is 53.9 Å². The van der Waals surface area contributed by atoms with Crippen molar-refractivity contribution >= 4 is 17.3 Å². The first kappa shape index (κ1) is 22.6. The summed E-state index contributed by atoms with van der Waals surface area (Å²) in [6.45, 7) is 4.25. The van der Waals surface area contributed by atoms with Gasteiger partial charge in [0.25, 0.3) is 0 Å². The van der Waals surface area contributed by atoms with E-state index in [2.05, 4.69) is 41.3 Å². The summed E-state index contributed by atoms with van der Waals surface area (Å²) < 4.78 is 13.6. The van der Waals surface area contributed by atoms with E-state index in [0.717, 1.165) is 52.8 Å². The van der Waals surface area contributed by atoms with Crippen LogP contribution in [0.3, 0.4) is 0 Å². The maximum absolute atomic E-state index is 13.6. The molecule has 1 unspecified atom stereocenters. The quantitative estimate of drug-likeness (QED) is 0.352. The van der Waals surface area contributed by atoms with E-state index < -0.39 is 0 Å². The first-order valence-corrected chi connectivity index (χ1v) is 12.5. The molecule has 1 N–H and O–H groups in total. The molecule has 2 aromatic heterocycles. The number of benzene rings is 2. The van der Waals surface area contributed by atoms with Crippen molar-refractivity contribution in [1.29, 1.82) is 0 Å². The molecule has 5 rings (SSSR count). The monoisotopic (exact) mass is 473 g/mol. The van der Waals surface area contributed by atoms with Crippen molar-refractivity contribution in [2.24, 2.45) is 0 Å². The van der Waals surface area contributed by atoms with Crippen LogP contribution in [0.5, 0.6) is 0 Å². The van der Waals surface area contributed by atoms with Crippen molar-refractivity contribution in [3.63, 3.8) is 0 Å². The average Bonchev–Trinajstić information content (AvgIpc) is 3.31. The van der Waals surface area contributed by atoms with Gasteiger partial charge in [-0.15, -0.1) is 11.3 Å². The third-order valence-corrected chi connectivity index (χ3v) is 7.60. The summed E-state index contributed by atoms with van der Waals surface area (Å²) in [4.78, 5) is 17.7. The number of hydrogen-bond acceptors (Lipinski definition) is 6. The summed E-state index contributed by atoms with van der Waals surface area (Å²) in [5.74, 6) is 0.763. The molecule has 2 aromatic carbocycles. The molecule has 0 radical (unpaired) electrons. The Balaban J connectivity index is 1.49. The Labute approximate surface area is 203 Å². The minimum atomic E-state index is -0.250. The molecule has 4 aromatic rings. The average molecular weight is 474 g/mol. The van der Waals surface area contributed by atoms with Crippen molar-refractivity contribution in [3.05, 3.63) is 83.2 Å². The zero-order valence-corrected chi connectivity index (χ0v) is 20.2. The molecule has 1 aliphatic heterocycles. The number of halogens is 1. The standard InChI is InChI=1S/C27H28FN5S/c1-18(19-6-4-3-5-7-19)30-27-29-15-12-23(31-27)25-24(20-8-10-22(28)11-9-20)32-26(34-25)21-13-16-33(2)17-14-21/h3-12,15,18,21H,13-14,16-17H2,1-2H3,(H,29,30,31). The minimum Gasteiger partial charge on any atom is -0.348 e. The second-order valence-electron chi connectivity index (χ2n) is 8.86. The van der Waals surface area contributed by atoms with Gasteiger partial charge in [-0.25, -0.2) is 19.3 Å². The summed E-state index contributed by atoms with van der Waals surface area (Å²) in [6, 6.07) is 18.8. The molecule has 0 saturated carbocycles. The number of thiazole rings is 1. The van der Waals surface area contributed by atoms with Crippen molar-refractivity contribution < 1.29 is 4.39 Å². The summed E-state index contributed by atoms with van der Waals surface area (Å²) in [6.07, 6.45) is 3.97. The third kappa shape index (κ3) is 5.00. The predicted octanol–water partition coefficient (Wildman–Crippen LogP) is 6.39. The van der Waals surface area contributed by atoms with Gasteiger partial charge in [0.2, 0.25) is 5.95 Å². The Morgan fingerprint density at radius 2 is 1.74 bits per heavy atom. The summed E-state index contributed by atoms with van der Waals surface area (Å²) >= 11 is 1.70. The molecule has 0 amide bonds. The molecule has 1 aliphatic rings. The van der Waals surface area contributed by atoms with E-state index in [9.17, 15) is 4.39 Å². The molecular formula is C27H28FN5S. The fraction of sp³-hybridized carbons (Fsp3) is 0.296. The normalized spacial score (nSPS) is 15.9. The lowest BCUT2D eigenvalue weighted by atomic mass is 9.98. The summed E-state index contributed by atoms with van der Waals surface area (Å²) in [5.41, 5.74) is 3.76. The molecule has 0 spiro atoms. The van der Waals surface area contributed by atoms with Crippen LogP contribution in [0.25, 0.3) is 21.8 Å². The molecule has 34 heavy (non-hydrogen) atoms. The third-order valence-electron chi connectivity index (χ3n) is 6.36. The van der Waals surface area contributed by atoms with Gasteiger partial charge in [-0.1, -0.05) is 30.3 Å². The van der Waals surface area contributed by atoms with Gasteiger partial charge in [0.15, 0.2) is 0 Å². The first-order valence-electron chi connectivity index (χ1n) is 11.7. The molecule has 174 valence electrons. The highest BCUT2D eigenvalue weighted by atomic mass is 32.1. The summed E-state index contributed by atoms with van der Waals surface area (Å²) in [7, 11) is 2.17. The van der Waals surface area contributed by atoms with Gasteiger partial charge in [-0.2, -0.15) is 0 Å². The number of aromatic nitrogens is 3. The van der Waals surface area contributed by atoms with Crippen molar-refractivity contribution in [2.45, 2.75) is 31.7 Å². The Morgan fingerprint density at radius 3 is 2.47 bits per heavy atom. The fourth-order valence-electron chi connectivity index (χ4n) is 4.32. The Kier molecular flexibility index (Phi) is 6.65. The van der Waals surface area contributed by atoms with E-state index in [1.807, 2.05) is 24.3 Å². The first-order chi connectivity index (χ1) is 16.6. The van der Waals surface area contributed by atoms with Gasteiger partial charge in [0.05, 0.1) is 27.3 Å². The van der Waals surface area contributed by atoms with E-state index in [4.69, 9.17) is 9.97 Å². The van der Waals surface area contributed by atoms with Gasteiger partial charge >= 0.3 is 0 Å². The second kappa shape index (κ2) is 9.99. The molecule has 0 aliphatic carbocycles. The highest BCUT2D eigenvalue weighted by molar-refractivity contribution is 7.15. The van der Waals surface area contributed by atoms with Crippen molar-refractivity contribution in [2.75, 3.05) is 25.5 Å². The molecule has 5 nitrogen and oxygen atoms in total.